The molecule has 1 fully saturated rings. The molecule has 1 saturated heterocycles. The van der Waals surface area contributed by atoms with E-state index < -0.39 is 9.84 Å². The van der Waals surface area contributed by atoms with Crippen LogP contribution in [0.2, 0.25) is 0 Å². The van der Waals surface area contributed by atoms with Crippen molar-refractivity contribution in [2.75, 3.05) is 25.7 Å². The lowest BCUT2D eigenvalue weighted by Crippen LogP contribution is -2.34. The van der Waals surface area contributed by atoms with E-state index in [1.165, 1.54) is 0 Å². The second kappa shape index (κ2) is 5.61. The van der Waals surface area contributed by atoms with Crippen LogP contribution in [0.5, 0.6) is 11.5 Å². The van der Waals surface area contributed by atoms with Crippen LogP contribution in [-0.4, -0.2) is 50.1 Å². The van der Waals surface area contributed by atoms with Crippen LogP contribution in [0.3, 0.4) is 0 Å². The minimum absolute atomic E-state index is 0.0106. The van der Waals surface area contributed by atoms with Gasteiger partial charge in [-0.1, -0.05) is 6.07 Å². The number of methoxy groups -OCH3 is 1. The van der Waals surface area contributed by atoms with Crippen LogP contribution in [0.25, 0.3) is 0 Å². The third kappa shape index (κ3) is 3.07. The van der Waals surface area contributed by atoms with Gasteiger partial charge in [-0.15, -0.1) is 0 Å². The number of phenols is 1. The summed E-state index contributed by atoms with van der Waals surface area (Å²) in [5, 5.41) is 10.1. The van der Waals surface area contributed by atoms with Crippen molar-refractivity contribution < 1.29 is 18.3 Å². The Kier molecular flexibility index (Phi) is 4.25. The zero-order valence-electron chi connectivity index (χ0n) is 12.0. The van der Waals surface area contributed by atoms with Crippen molar-refractivity contribution in [1.82, 2.24) is 4.90 Å². The number of nitrogens with zero attached hydrogens (tertiary/aromatic N) is 1. The number of ether oxygens (including phenoxy) is 1. The zero-order valence-corrected chi connectivity index (χ0v) is 12.9. The quantitative estimate of drug-likeness (QED) is 0.914. The molecule has 1 aromatic carbocycles. The predicted octanol–water partition coefficient (Wildman–Crippen LogP) is 1.58. The van der Waals surface area contributed by atoms with Crippen LogP contribution in [0.15, 0.2) is 18.2 Å². The summed E-state index contributed by atoms with van der Waals surface area (Å²) in [7, 11) is 0.550. The molecule has 0 radical (unpaired) electrons. The SMILES string of the molecule is COc1ccc(C(C)N(C)C2CCS(=O)(=O)C2)c(O)c1. The molecular weight excluding hydrogens is 278 g/mol. The van der Waals surface area contributed by atoms with Gasteiger partial charge >= 0.3 is 0 Å². The van der Waals surface area contributed by atoms with Gasteiger partial charge in [0.15, 0.2) is 9.84 Å². The van der Waals surface area contributed by atoms with Crippen molar-refractivity contribution in [2.45, 2.75) is 25.4 Å². The summed E-state index contributed by atoms with van der Waals surface area (Å²) in [6, 6.07) is 5.14. The first-order chi connectivity index (χ1) is 9.34. The minimum atomic E-state index is -2.90. The highest BCUT2D eigenvalue weighted by molar-refractivity contribution is 7.91. The third-order valence-electron chi connectivity index (χ3n) is 4.08. The molecule has 0 amide bonds. The second-order valence-corrected chi connectivity index (χ2v) is 7.55. The van der Waals surface area contributed by atoms with Crippen molar-refractivity contribution in [3.05, 3.63) is 23.8 Å². The van der Waals surface area contributed by atoms with E-state index in [1.807, 2.05) is 24.9 Å². The number of sulfone groups is 1. The maximum Gasteiger partial charge on any atom is 0.151 e. The minimum Gasteiger partial charge on any atom is -0.507 e. The van der Waals surface area contributed by atoms with Gasteiger partial charge in [-0.05, 0) is 26.5 Å². The van der Waals surface area contributed by atoms with Crippen LogP contribution >= 0.6 is 0 Å². The molecule has 6 heteroatoms. The summed E-state index contributed by atoms with van der Waals surface area (Å²) in [4.78, 5) is 2.02. The molecule has 1 aliphatic rings. The molecule has 1 aliphatic heterocycles. The molecule has 112 valence electrons. The fourth-order valence-electron chi connectivity index (χ4n) is 2.64. The fraction of sp³-hybridized carbons (Fsp3) is 0.571. The molecule has 0 bridgehead atoms. The van der Waals surface area contributed by atoms with E-state index in [-0.39, 0.29) is 29.3 Å². The normalized spacial score (nSPS) is 22.9. The van der Waals surface area contributed by atoms with E-state index in [2.05, 4.69) is 0 Å². The molecular formula is C14H21NO4S. The van der Waals surface area contributed by atoms with Crippen molar-refractivity contribution in [3.8, 4) is 11.5 Å². The van der Waals surface area contributed by atoms with Gasteiger partial charge < -0.3 is 9.84 Å². The van der Waals surface area contributed by atoms with E-state index in [1.54, 1.807) is 19.2 Å². The first-order valence-electron chi connectivity index (χ1n) is 6.63. The van der Waals surface area contributed by atoms with Crippen molar-refractivity contribution in [2.24, 2.45) is 0 Å². The third-order valence-corrected chi connectivity index (χ3v) is 5.83. The van der Waals surface area contributed by atoms with Crippen LogP contribution in [-0.2, 0) is 9.84 Å². The lowest BCUT2D eigenvalue weighted by molar-refractivity contribution is 0.198. The van der Waals surface area contributed by atoms with Crippen LogP contribution < -0.4 is 4.74 Å². The van der Waals surface area contributed by atoms with Crippen molar-refractivity contribution in [1.29, 1.82) is 0 Å². The summed E-state index contributed by atoms with van der Waals surface area (Å²) in [5.41, 5.74) is 0.776. The number of rotatable bonds is 4. The molecule has 5 nitrogen and oxygen atoms in total. The Hall–Kier alpha value is -1.27. The Morgan fingerprint density at radius 2 is 2.15 bits per heavy atom. The lowest BCUT2D eigenvalue weighted by Gasteiger charge is -2.30. The molecule has 2 unspecified atom stereocenters. The van der Waals surface area contributed by atoms with E-state index >= 15 is 0 Å². The van der Waals surface area contributed by atoms with Crippen molar-refractivity contribution >= 4 is 9.84 Å². The number of hydrogen-bond donors (Lipinski definition) is 1. The lowest BCUT2D eigenvalue weighted by atomic mass is 10.0. The maximum absolute atomic E-state index is 11.6. The van der Waals surface area contributed by atoms with E-state index in [9.17, 15) is 13.5 Å². The summed E-state index contributed by atoms with van der Waals surface area (Å²) in [6.07, 6.45) is 0.653. The Morgan fingerprint density at radius 3 is 2.65 bits per heavy atom. The van der Waals surface area contributed by atoms with E-state index in [0.717, 1.165) is 5.56 Å². The first kappa shape index (κ1) is 15.1. The molecule has 0 aliphatic carbocycles. The average Bonchev–Trinajstić information content (AvgIpc) is 2.77. The highest BCUT2D eigenvalue weighted by Gasteiger charge is 2.33. The summed E-state index contributed by atoms with van der Waals surface area (Å²) in [5.74, 6) is 1.22. The van der Waals surface area contributed by atoms with Gasteiger partial charge in [0.25, 0.3) is 0 Å². The molecule has 1 N–H and O–H groups in total. The monoisotopic (exact) mass is 299 g/mol. The number of aromatic hydroxyl groups is 1. The Morgan fingerprint density at radius 1 is 1.45 bits per heavy atom. The highest BCUT2D eigenvalue weighted by Crippen LogP contribution is 2.33. The summed E-state index contributed by atoms with van der Waals surface area (Å²) in [6.45, 7) is 1.96. The van der Waals surface area contributed by atoms with Gasteiger partial charge in [0.1, 0.15) is 11.5 Å². The Bertz CT molecular complexity index is 585. The highest BCUT2D eigenvalue weighted by atomic mass is 32.2. The largest absolute Gasteiger partial charge is 0.507 e. The molecule has 0 saturated carbocycles. The molecule has 20 heavy (non-hydrogen) atoms. The second-order valence-electron chi connectivity index (χ2n) is 5.32. The van der Waals surface area contributed by atoms with Crippen LogP contribution in [0, 0.1) is 0 Å². The van der Waals surface area contributed by atoms with E-state index in [4.69, 9.17) is 4.74 Å². The van der Waals surface area contributed by atoms with Gasteiger partial charge in [0, 0.05) is 23.7 Å². The molecule has 2 rings (SSSR count). The fourth-order valence-corrected chi connectivity index (χ4v) is 4.42. The maximum atomic E-state index is 11.6. The molecule has 1 aromatic rings. The van der Waals surface area contributed by atoms with Gasteiger partial charge in [-0.2, -0.15) is 0 Å². The molecule has 2 atom stereocenters. The zero-order chi connectivity index (χ0) is 14.9. The van der Waals surface area contributed by atoms with E-state index in [0.29, 0.717) is 12.2 Å². The molecule has 0 aromatic heterocycles. The summed E-state index contributed by atoms with van der Waals surface area (Å²) >= 11 is 0. The summed E-state index contributed by atoms with van der Waals surface area (Å²) < 4.78 is 28.2. The van der Waals surface area contributed by atoms with Gasteiger partial charge in [0.2, 0.25) is 0 Å². The van der Waals surface area contributed by atoms with Gasteiger partial charge in [0.05, 0.1) is 18.6 Å². The molecule has 0 spiro atoms. The average molecular weight is 299 g/mol. The standard InChI is InChI=1S/C14H21NO4S/c1-10(13-5-4-12(19-3)8-14(13)16)15(2)11-6-7-20(17,18)9-11/h4-5,8,10-11,16H,6-7,9H2,1-3H3. The van der Waals surface area contributed by atoms with Crippen LogP contribution in [0.4, 0.5) is 0 Å². The number of benzene rings is 1. The Labute approximate surface area is 120 Å². The number of hydrogen-bond acceptors (Lipinski definition) is 5. The molecule has 1 heterocycles. The predicted molar refractivity (Wildman–Crippen MR) is 77.9 cm³/mol. The smallest absolute Gasteiger partial charge is 0.151 e. The number of phenolic OH excluding ortho intramolecular Hbond substituents is 1. The van der Waals surface area contributed by atoms with Crippen LogP contribution in [0.1, 0.15) is 24.9 Å². The van der Waals surface area contributed by atoms with Gasteiger partial charge in [-0.3, -0.25) is 4.90 Å². The Balaban J connectivity index is 2.16. The first-order valence-corrected chi connectivity index (χ1v) is 8.45. The van der Waals surface area contributed by atoms with Crippen molar-refractivity contribution in [3.63, 3.8) is 0 Å². The van der Waals surface area contributed by atoms with Gasteiger partial charge in [-0.25, -0.2) is 8.42 Å². The topological polar surface area (TPSA) is 66.8 Å².